The molecule has 5 nitrogen and oxygen atoms in total. The van der Waals surface area contributed by atoms with E-state index < -0.39 is 11.9 Å². The first-order valence-electron chi connectivity index (χ1n) is 6.11. The molecule has 1 heterocycles. The molecule has 3 atom stereocenters. The summed E-state index contributed by atoms with van der Waals surface area (Å²) in [5.74, 6) is -0.860. The maximum absolute atomic E-state index is 11.9. The molecule has 1 saturated heterocycles. The number of aliphatic carboxylic acids is 1. The molecule has 0 aromatic rings. The summed E-state index contributed by atoms with van der Waals surface area (Å²) in [7, 11) is 0. The third-order valence-corrected chi connectivity index (χ3v) is 3.57. The Morgan fingerprint density at radius 2 is 1.88 bits per heavy atom. The zero-order valence-electron chi connectivity index (χ0n) is 10.9. The molecule has 5 heteroatoms. The van der Waals surface area contributed by atoms with E-state index in [1.165, 1.54) is 0 Å². The second kappa shape index (κ2) is 5.38. The van der Waals surface area contributed by atoms with Gasteiger partial charge in [-0.3, -0.25) is 4.79 Å². The molecule has 0 saturated carbocycles. The number of nitrogens with zero attached hydrogens (tertiary/aromatic N) is 1. The van der Waals surface area contributed by atoms with E-state index in [4.69, 9.17) is 5.11 Å². The molecule has 1 aliphatic heterocycles. The summed E-state index contributed by atoms with van der Waals surface area (Å²) in [4.78, 5) is 24.4. The molecule has 3 unspecified atom stereocenters. The van der Waals surface area contributed by atoms with Gasteiger partial charge in [0.05, 0.1) is 5.92 Å². The number of hydrogen-bond donors (Lipinski definition) is 2. The maximum atomic E-state index is 11.9. The molecule has 0 radical (unpaired) electrons. The zero-order valence-corrected chi connectivity index (χ0v) is 10.9. The van der Waals surface area contributed by atoms with Gasteiger partial charge in [0.25, 0.3) is 0 Å². The normalized spacial score (nSPS) is 26.1. The number of carboxylic acids is 1. The SMILES string of the molecule is CC(C)C(C)NC(=O)N1CC(C)C(C(=O)O)C1. The van der Waals surface area contributed by atoms with Crippen LogP contribution in [0.25, 0.3) is 0 Å². The molecule has 0 spiro atoms. The minimum atomic E-state index is -0.815. The van der Waals surface area contributed by atoms with Gasteiger partial charge in [0.15, 0.2) is 0 Å². The van der Waals surface area contributed by atoms with E-state index in [2.05, 4.69) is 5.32 Å². The highest BCUT2D eigenvalue weighted by Gasteiger charge is 2.37. The van der Waals surface area contributed by atoms with Crippen molar-refractivity contribution in [2.75, 3.05) is 13.1 Å². The average Bonchev–Trinajstić information content (AvgIpc) is 2.60. The highest BCUT2D eigenvalue weighted by Crippen LogP contribution is 2.23. The van der Waals surface area contributed by atoms with Crippen molar-refractivity contribution in [3.05, 3.63) is 0 Å². The summed E-state index contributed by atoms with van der Waals surface area (Å²) in [5.41, 5.74) is 0. The number of likely N-dealkylation sites (tertiary alicyclic amines) is 1. The Labute approximate surface area is 102 Å². The van der Waals surface area contributed by atoms with Crippen LogP contribution in [0.15, 0.2) is 0 Å². The van der Waals surface area contributed by atoms with Crippen molar-refractivity contribution in [2.45, 2.75) is 33.7 Å². The topological polar surface area (TPSA) is 69.6 Å². The summed E-state index contributed by atoms with van der Waals surface area (Å²) in [5, 5.41) is 11.9. The number of carbonyl (C=O) groups excluding carboxylic acids is 1. The smallest absolute Gasteiger partial charge is 0.317 e. The summed E-state index contributed by atoms with van der Waals surface area (Å²) in [6.45, 7) is 8.74. The van der Waals surface area contributed by atoms with E-state index >= 15 is 0 Å². The van der Waals surface area contributed by atoms with E-state index in [1.54, 1.807) is 4.90 Å². The molecule has 17 heavy (non-hydrogen) atoms. The van der Waals surface area contributed by atoms with Gasteiger partial charge < -0.3 is 15.3 Å². The Kier molecular flexibility index (Phi) is 4.37. The lowest BCUT2D eigenvalue weighted by Crippen LogP contribution is -2.44. The quantitative estimate of drug-likeness (QED) is 0.785. The Hall–Kier alpha value is -1.26. The molecule has 1 rings (SSSR count). The van der Waals surface area contributed by atoms with E-state index in [0.717, 1.165) is 0 Å². The predicted octanol–water partition coefficient (Wildman–Crippen LogP) is 1.39. The van der Waals surface area contributed by atoms with Crippen LogP contribution in [0.4, 0.5) is 4.79 Å². The molecule has 1 fully saturated rings. The van der Waals surface area contributed by atoms with Crippen LogP contribution < -0.4 is 5.32 Å². The molecular formula is C12H22N2O3. The van der Waals surface area contributed by atoms with Crippen molar-refractivity contribution in [2.24, 2.45) is 17.8 Å². The van der Waals surface area contributed by atoms with Crippen LogP contribution in [0.5, 0.6) is 0 Å². The van der Waals surface area contributed by atoms with Crippen molar-refractivity contribution in [1.82, 2.24) is 10.2 Å². The molecule has 2 amide bonds. The number of amides is 2. The maximum Gasteiger partial charge on any atom is 0.317 e. The summed E-state index contributed by atoms with van der Waals surface area (Å²) in [6.07, 6.45) is 0. The first-order chi connectivity index (χ1) is 7.82. The number of urea groups is 1. The Bertz CT molecular complexity index is 304. The van der Waals surface area contributed by atoms with Crippen LogP contribution in [0, 0.1) is 17.8 Å². The minimum Gasteiger partial charge on any atom is -0.481 e. The van der Waals surface area contributed by atoms with E-state index in [-0.39, 0.29) is 18.0 Å². The van der Waals surface area contributed by atoms with Crippen molar-refractivity contribution in [3.8, 4) is 0 Å². The van der Waals surface area contributed by atoms with Crippen LogP contribution in [0.2, 0.25) is 0 Å². The third kappa shape index (κ3) is 3.35. The van der Waals surface area contributed by atoms with E-state index in [9.17, 15) is 9.59 Å². The lowest BCUT2D eigenvalue weighted by molar-refractivity contribution is -0.142. The first-order valence-corrected chi connectivity index (χ1v) is 6.11. The molecule has 98 valence electrons. The second-order valence-electron chi connectivity index (χ2n) is 5.31. The second-order valence-corrected chi connectivity index (χ2v) is 5.31. The van der Waals surface area contributed by atoms with Gasteiger partial charge in [-0.15, -0.1) is 0 Å². The Balaban J connectivity index is 2.53. The fourth-order valence-electron chi connectivity index (χ4n) is 1.91. The van der Waals surface area contributed by atoms with Gasteiger partial charge in [-0.05, 0) is 18.8 Å². The van der Waals surface area contributed by atoms with Gasteiger partial charge in [-0.1, -0.05) is 20.8 Å². The number of hydrogen-bond acceptors (Lipinski definition) is 2. The fourth-order valence-corrected chi connectivity index (χ4v) is 1.91. The lowest BCUT2D eigenvalue weighted by atomic mass is 9.99. The van der Waals surface area contributed by atoms with Crippen LogP contribution >= 0.6 is 0 Å². The number of rotatable bonds is 3. The Morgan fingerprint density at radius 1 is 1.29 bits per heavy atom. The van der Waals surface area contributed by atoms with Gasteiger partial charge in [-0.2, -0.15) is 0 Å². The van der Waals surface area contributed by atoms with Gasteiger partial charge >= 0.3 is 12.0 Å². The number of carboxylic acid groups (broad SMARTS) is 1. The number of carbonyl (C=O) groups is 2. The standard InChI is InChI=1S/C12H22N2O3/c1-7(2)9(4)13-12(17)14-5-8(3)10(6-14)11(15)16/h7-10H,5-6H2,1-4H3,(H,13,17)(H,15,16). The molecule has 1 aliphatic rings. The minimum absolute atomic E-state index is 0.0209. The third-order valence-electron chi connectivity index (χ3n) is 3.57. The summed E-state index contributed by atoms with van der Waals surface area (Å²) in [6, 6.07) is -0.0523. The molecule has 0 aromatic carbocycles. The zero-order chi connectivity index (χ0) is 13.2. The van der Waals surface area contributed by atoms with Crippen LogP contribution in [-0.4, -0.2) is 41.1 Å². The Morgan fingerprint density at radius 3 is 2.29 bits per heavy atom. The molecule has 2 N–H and O–H groups in total. The predicted molar refractivity (Wildman–Crippen MR) is 64.7 cm³/mol. The van der Waals surface area contributed by atoms with Crippen molar-refractivity contribution in [3.63, 3.8) is 0 Å². The van der Waals surface area contributed by atoms with Crippen LogP contribution in [0.3, 0.4) is 0 Å². The monoisotopic (exact) mass is 242 g/mol. The van der Waals surface area contributed by atoms with Gasteiger partial charge in [0.2, 0.25) is 0 Å². The highest BCUT2D eigenvalue weighted by atomic mass is 16.4. The van der Waals surface area contributed by atoms with Gasteiger partial charge in [0, 0.05) is 19.1 Å². The fraction of sp³-hybridized carbons (Fsp3) is 0.833. The first kappa shape index (κ1) is 13.8. The van der Waals surface area contributed by atoms with Crippen LogP contribution in [-0.2, 0) is 4.79 Å². The molecular weight excluding hydrogens is 220 g/mol. The van der Waals surface area contributed by atoms with Crippen LogP contribution in [0.1, 0.15) is 27.7 Å². The largest absolute Gasteiger partial charge is 0.481 e. The van der Waals surface area contributed by atoms with E-state index in [0.29, 0.717) is 19.0 Å². The van der Waals surface area contributed by atoms with Crippen molar-refractivity contribution >= 4 is 12.0 Å². The van der Waals surface area contributed by atoms with Gasteiger partial charge in [0.1, 0.15) is 0 Å². The highest BCUT2D eigenvalue weighted by molar-refractivity contribution is 5.77. The molecule has 0 aliphatic carbocycles. The number of nitrogens with one attached hydrogen (secondary N) is 1. The molecule has 0 bridgehead atoms. The summed E-state index contributed by atoms with van der Waals surface area (Å²) >= 11 is 0. The van der Waals surface area contributed by atoms with Crippen molar-refractivity contribution in [1.29, 1.82) is 0 Å². The van der Waals surface area contributed by atoms with E-state index in [1.807, 2.05) is 27.7 Å². The van der Waals surface area contributed by atoms with Gasteiger partial charge in [-0.25, -0.2) is 4.79 Å². The lowest BCUT2D eigenvalue weighted by Gasteiger charge is -2.22. The average molecular weight is 242 g/mol. The molecule has 0 aromatic heterocycles. The summed E-state index contributed by atoms with van der Waals surface area (Å²) < 4.78 is 0. The van der Waals surface area contributed by atoms with Crippen molar-refractivity contribution < 1.29 is 14.7 Å².